The molecular weight excluding hydrogens is 234 g/mol. The molecule has 1 aromatic rings. The van der Waals surface area contributed by atoms with Gasteiger partial charge in [0.15, 0.2) is 0 Å². The summed E-state index contributed by atoms with van der Waals surface area (Å²) in [6.45, 7) is 4.37. The fourth-order valence-corrected chi connectivity index (χ4v) is 2.95. The summed E-state index contributed by atoms with van der Waals surface area (Å²) in [5, 5.41) is 3.65. The molecule has 0 aromatic carbocycles. The number of rotatable bonds is 6. The Morgan fingerprint density at radius 1 is 1.26 bits per heavy atom. The first-order chi connectivity index (χ1) is 9.29. The lowest BCUT2D eigenvalue weighted by Gasteiger charge is -2.35. The molecule has 19 heavy (non-hydrogen) atoms. The molecule has 1 N–H and O–H groups in total. The lowest BCUT2D eigenvalue weighted by atomic mass is 9.90. The van der Waals surface area contributed by atoms with Crippen molar-refractivity contribution in [2.45, 2.75) is 57.7 Å². The summed E-state index contributed by atoms with van der Waals surface area (Å²) in [6.07, 6.45) is 8.37. The minimum Gasteiger partial charge on any atom is -0.314 e. The van der Waals surface area contributed by atoms with Gasteiger partial charge < -0.3 is 5.32 Å². The van der Waals surface area contributed by atoms with Gasteiger partial charge in [0.1, 0.15) is 0 Å². The molecule has 3 nitrogen and oxygen atoms in total. The van der Waals surface area contributed by atoms with Crippen molar-refractivity contribution >= 4 is 0 Å². The van der Waals surface area contributed by atoms with E-state index in [2.05, 4.69) is 41.3 Å². The minimum absolute atomic E-state index is 0.724. The van der Waals surface area contributed by atoms with Gasteiger partial charge in [-0.15, -0.1) is 0 Å². The van der Waals surface area contributed by atoms with Crippen LogP contribution in [0.25, 0.3) is 0 Å². The van der Waals surface area contributed by atoms with Gasteiger partial charge in [0.2, 0.25) is 0 Å². The summed E-state index contributed by atoms with van der Waals surface area (Å²) in [5.74, 6) is 0. The van der Waals surface area contributed by atoms with Crippen LogP contribution in [0.15, 0.2) is 24.4 Å². The van der Waals surface area contributed by atoms with Crippen LogP contribution >= 0.6 is 0 Å². The van der Waals surface area contributed by atoms with Crippen molar-refractivity contribution in [1.82, 2.24) is 15.2 Å². The molecule has 0 radical (unpaired) electrons. The third-order valence-electron chi connectivity index (χ3n) is 4.14. The van der Waals surface area contributed by atoms with Crippen LogP contribution in [-0.4, -0.2) is 35.6 Å². The van der Waals surface area contributed by atoms with E-state index in [0.717, 1.165) is 18.6 Å². The lowest BCUT2D eigenvalue weighted by Crippen LogP contribution is -2.40. The SMILES string of the molecule is CCCNC1CCC(N(C)Cc2ccccn2)CC1. The molecule has 3 heteroatoms. The Morgan fingerprint density at radius 2 is 2.05 bits per heavy atom. The van der Waals surface area contributed by atoms with Crippen LogP contribution in [0.1, 0.15) is 44.7 Å². The normalized spacial score (nSPS) is 23.7. The summed E-state index contributed by atoms with van der Waals surface area (Å²) >= 11 is 0. The van der Waals surface area contributed by atoms with Gasteiger partial charge in [0.05, 0.1) is 5.69 Å². The summed E-state index contributed by atoms with van der Waals surface area (Å²) in [5.41, 5.74) is 1.18. The highest BCUT2D eigenvalue weighted by Crippen LogP contribution is 2.23. The maximum Gasteiger partial charge on any atom is 0.0543 e. The van der Waals surface area contributed by atoms with Gasteiger partial charge >= 0.3 is 0 Å². The van der Waals surface area contributed by atoms with Crippen LogP contribution in [0.4, 0.5) is 0 Å². The molecule has 1 heterocycles. The molecule has 0 saturated heterocycles. The van der Waals surface area contributed by atoms with Gasteiger partial charge in [-0.3, -0.25) is 9.88 Å². The van der Waals surface area contributed by atoms with E-state index in [1.807, 2.05) is 12.3 Å². The number of pyridine rings is 1. The average molecular weight is 261 g/mol. The Morgan fingerprint density at radius 3 is 2.68 bits per heavy atom. The Kier molecular flexibility index (Phi) is 5.80. The zero-order valence-corrected chi connectivity index (χ0v) is 12.3. The highest BCUT2D eigenvalue weighted by Gasteiger charge is 2.23. The van der Waals surface area contributed by atoms with Gasteiger partial charge in [-0.1, -0.05) is 13.0 Å². The van der Waals surface area contributed by atoms with Crippen molar-refractivity contribution in [2.24, 2.45) is 0 Å². The van der Waals surface area contributed by atoms with Gasteiger partial charge in [-0.05, 0) is 57.8 Å². The molecule has 1 saturated carbocycles. The average Bonchev–Trinajstić information content (AvgIpc) is 2.46. The Hall–Kier alpha value is -0.930. The van der Waals surface area contributed by atoms with Crippen molar-refractivity contribution in [3.05, 3.63) is 30.1 Å². The molecule has 0 atom stereocenters. The van der Waals surface area contributed by atoms with E-state index in [1.165, 1.54) is 44.3 Å². The zero-order valence-electron chi connectivity index (χ0n) is 12.3. The second kappa shape index (κ2) is 7.61. The fraction of sp³-hybridized carbons (Fsp3) is 0.688. The van der Waals surface area contributed by atoms with E-state index >= 15 is 0 Å². The van der Waals surface area contributed by atoms with Crippen molar-refractivity contribution in [1.29, 1.82) is 0 Å². The van der Waals surface area contributed by atoms with Crippen LogP contribution in [0.5, 0.6) is 0 Å². The molecule has 0 amide bonds. The number of nitrogens with zero attached hydrogens (tertiary/aromatic N) is 2. The smallest absolute Gasteiger partial charge is 0.0543 e. The first-order valence-corrected chi connectivity index (χ1v) is 7.63. The maximum absolute atomic E-state index is 4.42. The van der Waals surface area contributed by atoms with Crippen molar-refractivity contribution < 1.29 is 0 Å². The predicted molar refractivity (Wildman–Crippen MR) is 80.0 cm³/mol. The highest BCUT2D eigenvalue weighted by atomic mass is 15.1. The Labute approximate surface area is 117 Å². The van der Waals surface area contributed by atoms with E-state index in [-0.39, 0.29) is 0 Å². The van der Waals surface area contributed by atoms with Crippen LogP contribution in [-0.2, 0) is 6.54 Å². The highest BCUT2D eigenvalue weighted by molar-refractivity contribution is 5.03. The van der Waals surface area contributed by atoms with Crippen molar-refractivity contribution in [3.8, 4) is 0 Å². The topological polar surface area (TPSA) is 28.2 Å². The van der Waals surface area contributed by atoms with Crippen LogP contribution in [0.2, 0.25) is 0 Å². The van der Waals surface area contributed by atoms with E-state index < -0.39 is 0 Å². The summed E-state index contributed by atoms with van der Waals surface area (Å²) in [7, 11) is 2.24. The quantitative estimate of drug-likeness (QED) is 0.853. The fourth-order valence-electron chi connectivity index (χ4n) is 2.95. The Balaban J connectivity index is 1.74. The number of aromatic nitrogens is 1. The summed E-state index contributed by atoms with van der Waals surface area (Å²) in [6, 6.07) is 7.64. The molecule has 1 fully saturated rings. The maximum atomic E-state index is 4.42. The lowest BCUT2D eigenvalue weighted by molar-refractivity contribution is 0.166. The summed E-state index contributed by atoms with van der Waals surface area (Å²) < 4.78 is 0. The number of hydrogen-bond acceptors (Lipinski definition) is 3. The molecule has 0 aliphatic heterocycles. The second-order valence-corrected chi connectivity index (χ2v) is 5.70. The molecule has 0 bridgehead atoms. The summed E-state index contributed by atoms with van der Waals surface area (Å²) in [4.78, 5) is 6.89. The minimum atomic E-state index is 0.724. The number of nitrogens with one attached hydrogen (secondary N) is 1. The van der Waals surface area contributed by atoms with Gasteiger partial charge in [0, 0.05) is 24.8 Å². The third kappa shape index (κ3) is 4.59. The van der Waals surface area contributed by atoms with Crippen LogP contribution < -0.4 is 5.32 Å². The van der Waals surface area contributed by atoms with Crippen molar-refractivity contribution in [3.63, 3.8) is 0 Å². The molecule has 1 aliphatic rings. The predicted octanol–water partition coefficient (Wildman–Crippen LogP) is 2.82. The monoisotopic (exact) mass is 261 g/mol. The largest absolute Gasteiger partial charge is 0.314 e. The van der Waals surface area contributed by atoms with E-state index in [1.54, 1.807) is 0 Å². The van der Waals surface area contributed by atoms with E-state index in [4.69, 9.17) is 0 Å². The first kappa shape index (κ1) is 14.5. The molecule has 0 unspecified atom stereocenters. The molecule has 0 spiro atoms. The second-order valence-electron chi connectivity index (χ2n) is 5.70. The zero-order chi connectivity index (χ0) is 13.5. The number of hydrogen-bond donors (Lipinski definition) is 1. The Bertz CT molecular complexity index is 344. The molecule has 106 valence electrons. The van der Waals surface area contributed by atoms with Crippen molar-refractivity contribution in [2.75, 3.05) is 13.6 Å². The van der Waals surface area contributed by atoms with E-state index in [0.29, 0.717) is 0 Å². The standard InChI is InChI=1S/C16H27N3/c1-3-11-17-14-7-9-16(10-8-14)19(2)13-15-6-4-5-12-18-15/h4-6,12,14,16-17H,3,7-11,13H2,1-2H3. The van der Waals surface area contributed by atoms with Crippen LogP contribution in [0.3, 0.4) is 0 Å². The molecular formula is C16H27N3. The first-order valence-electron chi connectivity index (χ1n) is 7.63. The van der Waals surface area contributed by atoms with Gasteiger partial charge in [0.25, 0.3) is 0 Å². The van der Waals surface area contributed by atoms with Gasteiger partial charge in [-0.2, -0.15) is 0 Å². The third-order valence-corrected chi connectivity index (χ3v) is 4.14. The molecule has 1 aromatic heterocycles. The van der Waals surface area contributed by atoms with Gasteiger partial charge in [-0.25, -0.2) is 0 Å². The molecule has 1 aliphatic carbocycles. The van der Waals surface area contributed by atoms with Crippen LogP contribution in [0, 0.1) is 0 Å². The molecule has 2 rings (SSSR count). The van der Waals surface area contributed by atoms with E-state index in [9.17, 15) is 0 Å².